The predicted octanol–water partition coefficient (Wildman–Crippen LogP) is 21.8. The molecule has 0 amide bonds. The van der Waals surface area contributed by atoms with Gasteiger partial charge < -0.3 is 13.5 Å². The van der Waals surface area contributed by atoms with Crippen LogP contribution in [0.4, 0.5) is 0 Å². The van der Waals surface area contributed by atoms with E-state index in [2.05, 4.69) is 296 Å². The molecule has 7 aromatic heterocycles. The van der Waals surface area contributed by atoms with Crippen LogP contribution in [0.5, 0.6) is 0 Å². The lowest BCUT2D eigenvalue weighted by Gasteiger charge is -2.22. The monoisotopic (exact) mass is 1100 g/mol. The summed E-state index contributed by atoms with van der Waals surface area (Å²) < 4.78 is 10.0. The molecule has 7 heterocycles. The van der Waals surface area contributed by atoms with Crippen LogP contribution in [0.3, 0.4) is 0 Å². The number of hydrogen-bond acceptors (Lipinski definition) is 1. The van der Waals surface area contributed by atoms with Crippen molar-refractivity contribution in [3.05, 3.63) is 248 Å². The summed E-state index contributed by atoms with van der Waals surface area (Å²) in [6.07, 6.45) is 0. The van der Waals surface area contributed by atoms with Crippen LogP contribution >= 0.6 is 0 Å². The minimum absolute atomic E-state index is 0.120. The van der Waals surface area contributed by atoms with E-state index in [9.17, 15) is 0 Å². The second-order valence-electron chi connectivity index (χ2n) is 26.3. The second kappa shape index (κ2) is 16.6. The van der Waals surface area contributed by atoms with Gasteiger partial charge in [-0.15, -0.1) is 0 Å². The normalized spacial score (nSPS) is 13.0. The molecule has 0 aliphatic rings. The fourth-order valence-corrected chi connectivity index (χ4v) is 15.4. The molecule has 0 fully saturated rings. The van der Waals surface area contributed by atoms with Gasteiger partial charge in [-0.25, -0.2) is 4.98 Å². The maximum Gasteiger partial charge on any atom is 0.146 e. The first kappa shape index (κ1) is 47.9. The van der Waals surface area contributed by atoms with E-state index in [1.165, 1.54) is 153 Å². The molecule has 19 aromatic rings. The Kier molecular flexibility index (Phi) is 9.28. The van der Waals surface area contributed by atoms with Gasteiger partial charge in [0.2, 0.25) is 0 Å². The summed E-state index contributed by atoms with van der Waals surface area (Å²) in [6.45, 7) is 14.1. The van der Waals surface area contributed by atoms with E-state index in [0.29, 0.717) is 0 Å². The van der Waals surface area contributed by atoms with E-state index in [1.807, 2.05) is 0 Å². The van der Waals surface area contributed by atoms with Crippen LogP contribution in [0.15, 0.2) is 237 Å². The smallest absolute Gasteiger partial charge is 0.146 e. The molecule has 0 saturated carbocycles. The molecule has 406 valence electrons. The average molecular weight is 1100 g/mol. The highest BCUT2D eigenvalue weighted by Crippen LogP contribution is 2.52. The van der Waals surface area contributed by atoms with Crippen LogP contribution in [0, 0.1) is 0 Å². The third kappa shape index (κ3) is 6.31. The van der Waals surface area contributed by atoms with Crippen molar-refractivity contribution in [3.63, 3.8) is 0 Å². The first-order valence-corrected chi connectivity index (χ1v) is 30.3. The molecule has 0 N–H and O–H groups in total. The van der Waals surface area contributed by atoms with Crippen molar-refractivity contribution in [1.82, 2.24) is 22.9 Å². The molecule has 0 bridgehead atoms. The Hall–Kier alpha value is -10.5. The second-order valence-corrected chi connectivity index (χ2v) is 26.3. The molecule has 0 aliphatic heterocycles. The van der Waals surface area contributed by atoms with E-state index in [-0.39, 0.29) is 10.8 Å². The maximum atomic E-state index is 6.15. The number of hydrogen-bond donors (Lipinski definition) is 0. The largest absolute Gasteiger partial charge is 0.309 e. The van der Waals surface area contributed by atoms with Crippen molar-refractivity contribution < 1.29 is 0 Å². The van der Waals surface area contributed by atoms with Crippen molar-refractivity contribution in [2.24, 2.45) is 0 Å². The molecule has 5 heteroatoms. The highest BCUT2D eigenvalue weighted by molar-refractivity contribution is 6.38. The summed E-state index contributed by atoms with van der Waals surface area (Å²) in [6, 6.07) is 89.1. The van der Waals surface area contributed by atoms with Gasteiger partial charge in [-0.1, -0.05) is 175 Å². The molecule has 0 spiro atoms. The van der Waals surface area contributed by atoms with Crippen LogP contribution in [-0.2, 0) is 10.8 Å². The standard InChI is InChI=1S/C81H57N5/c1-80(2,3)50-41-59(49-34-36-70-61(39-49)57-30-18-20-32-68(57)84(70)53-25-11-8-12-26-53)75-62(42-50)63-43-51(81(4,5)6)44-64-65-45-71-74(82-79(65)86(75)76(63)64)66-40-47-22-14-16-28-55(47)73-72-54-27-15-13-21-46(54)37-58(77(72)85(71)78(66)73)48-33-35-69-60(38-48)56-29-17-19-31-67(56)83(69)52-23-9-7-10-24-52/h7-45H,1-6H3. The first-order chi connectivity index (χ1) is 41.9. The first-order valence-electron chi connectivity index (χ1n) is 30.3. The number of aromatic nitrogens is 5. The van der Waals surface area contributed by atoms with Crippen LogP contribution in [0.25, 0.3) is 175 Å². The van der Waals surface area contributed by atoms with Crippen LogP contribution < -0.4 is 0 Å². The zero-order valence-electron chi connectivity index (χ0n) is 48.8. The van der Waals surface area contributed by atoms with Gasteiger partial charge in [0.25, 0.3) is 0 Å². The molecular formula is C81H57N5. The summed E-state index contributed by atoms with van der Waals surface area (Å²) >= 11 is 0. The summed E-state index contributed by atoms with van der Waals surface area (Å²) in [5, 5.41) is 18.5. The average Bonchev–Trinajstić information content (AvgIpc) is 1.54. The summed E-state index contributed by atoms with van der Waals surface area (Å²) in [7, 11) is 0. The fourth-order valence-electron chi connectivity index (χ4n) is 15.4. The van der Waals surface area contributed by atoms with E-state index in [4.69, 9.17) is 4.98 Å². The maximum absolute atomic E-state index is 6.15. The lowest BCUT2D eigenvalue weighted by atomic mass is 9.83. The molecule has 86 heavy (non-hydrogen) atoms. The van der Waals surface area contributed by atoms with E-state index < -0.39 is 0 Å². The van der Waals surface area contributed by atoms with Gasteiger partial charge in [0, 0.05) is 81.8 Å². The zero-order valence-corrected chi connectivity index (χ0v) is 48.8. The molecular weight excluding hydrogens is 1040 g/mol. The minimum atomic E-state index is -0.127. The highest BCUT2D eigenvalue weighted by Gasteiger charge is 2.31. The van der Waals surface area contributed by atoms with Crippen LogP contribution in [-0.4, -0.2) is 22.9 Å². The van der Waals surface area contributed by atoms with E-state index >= 15 is 0 Å². The zero-order chi connectivity index (χ0) is 57.2. The van der Waals surface area contributed by atoms with Gasteiger partial charge in [0.15, 0.2) is 0 Å². The third-order valence-corrected chi connectivity index (χ3v) is 19.4. The van der Waals surface area contributed by atoms with Crippen LogP contribution in [0.2, 0.25) is 0 Å². The number of benzene rings is 12. The fraction of sp³-hybridized carbons (Fsp3) is 0.0988. The molecule has 0 unspecified atom stereocenters. The number of pyridine rings is 1. The minimum Gasteiger partial charge on any atom is -0.309 e. The number of nitrogens with zero attached hydrogens (tertiary/aromatic N) is 5. The Bertz CT molecular complexity index is 6130. The van der Waals surface area contributed by atoms with E-state index in [1.54, 1.807) is 0 Å². The third-order valence-electron chi connectivity index (χ3n) is 19.4. The van der Waals surface area contributed by atoms with Crippen molar-refractivity contribution in [2.75, 3.05) is 0 Å². The van der Waals surface area contributed by atoms with Crippen molar-refractivity contribution in [2.45, 2.75) is 52.4 Å². The predicted molar refractivity (Wildman–Crippen MR) is 366 cm³/mol. The highest BCUT2D eigenvalue weighted by atomic mass is 15.0. The summed E-state index contributed by atoms with van der Waals surface area (Å²) in [4.78, 5) is 6.15. The SMILES string of the molecule is CC(C)(C)c1cc(-c2ccc3c(c2)c2ccccc2n3-c2ccccc2)c2c(c1)c1cc(C(C)(C)C)cc3c4cc5c(nc4n2c31)c1cc2ccccc2c2c3c4ccccc4cc(-c4ccc6c(c4)c4ccccc4n6-c4ccccc4)c3n5c12. The van der Waals surface area contributed by atoms with Gasteiger partial charge in [-0.3, -0.25) is 4.40 Å². The van der Waals surface area contributed by atoms with Gasteiger partial charge >= 0.3 is 0 Å². The van der Waals surface area contributed by atoms with Crippen LogP contribution in [0.1, 0.15) is 52.7 Å². The molecule has 5 nitrogen and oxygen atoms in total. The molecule has 0 saturated heterocycles. The summed E-state index contributed by atoms with van der Waals surface area (Å²) in [5.74, 6) is 0. The number of rotatable bonds is 4. The molecule has 12 aromatic carbocycles. The Morgan fingerprint density at radius 2 is 0.744 bits per heavy atom. The number of fused-ring (bicyclic) bond motifs is 22. The quantitative estimate of drug-likeness (QED) is 0.173. The molecule has 0 aliphatic carbocycles. The molecule has 0 radical (unpaired) electrons. The van der Waals surface area contributed by atoms with Gasteiger partial charge in [-0.2, -0.15) is 0 Å². The molecule has 19 rings (SSSR count). The van der Waals surface area contributed by atoms with Gasteiger partial charge in [-0.05, 0) is 158 Å². The lowest BCUT2D eigenvalue weighted by Crippen LogP contribution is -2.11. The topological polar surface area (TPSA) is 31.6 Å². The van der Waals surface area contributed by atoms with E-state index in [0.717, 1.165) is 33.4 Å². The Morgan fingerprint density at radius 1 is 0.291 bits per heavy atom. The Balaban J connectivity index is 0.963. The van der Waals surface area contributed by atoms with Gasteiger partial charge in [0.05, 0.1) is 55.2 Å². The Labute approximate surface area is 495 Å². The Morgan fingerprint density at radius 3 is 1.31 bits per heavy atom. The number of para-hydroxylation sites is 4. The van der Waals surface area contributed by atoms with Gasteiger partial charge in [0.1, 0.15) is 5.65 Å². The molecule has 0 atom stereocenters. The van der Waals surface area contributed by atoms with Crippen molar-refractivity contribution in [1.29, 1.82) is 0 Å². The van der Waals surface area contributed by atoms with Crippen molar-refractivity contribution >= 4 is 142 Å². The lowest BCUT2D eigenvalue weighted by molar-refractivity contribution is 0.591. The van der Waals surface area contributed by atoms with Crippen molar-refractivity contribution in [3.8, 4) is 33.6 Å². The summed E-state index contributed by atoms with van der Waals surface area (Å²) in [5.41, 5.74) is 22.2.